The molecule has 172 valence electrons. The number of carbonyl (C=O) groups is 1. The topological polar surface area (TPSA) is 101 Å². The molecule has 0 unspecified atom stereocenters. The minimum atomic E-state index is -0.732. The number of benzene rings is 2. The predicted octanol–water partition coefficient (Wildman–Crippen LogP) is 4.63. The summed E-state index contributed by atoms with van der Waals surface area (Å²) in [5.41, 5.74) is 6.99. The molecule has 7 nitrogen and oxygen atoms in total. The van der Waals surface area contributed by atoms with Crippen LogP contribution in [0.2, 0.25) is 5.02 Å². The number of rotatable bonds is 4. The molecule has 0 aliphatic carbocycles. The summed E-state index contributed by atoms with van der Waals surface area (Å²) < 4.78 is 31.8. The van der Waals surface area contributed by atoms with Crippen LogP contribution in [0.4, 0.5) is 13.8 Å². The number of nitrogens with two attached hydrogens (primary N) is 1. The Morgan fingerprint density at radius 2 is 2.12 bits per heavy atom. The third kappa shape index (κ3) is 3.40. The monoisotopic (exact) mass is 498 g/mol. The highest BCUT2D eigenvalue weighted by atomic mass is 35.5. The molecule has 1 amide bonds. The first-order valence-corrected chi connectivity index (χ1v) is 11.6. The molecule has 0 saturated heterocycles. The van der Waals surface area contributed by atoms with Crippen LogP contribution < -0.4 is 5.73 Å². The Balaban J connectivity index is 1.60. The predicted molar refractivity (Wildman–Crippen MR) is 126 cm³/mol. The maximum Gasteiger partial charge on any atom is 0.254 e. The molecule has 11 heteroatoms. The zero-order chi connectivity index (χ0) is 24.1. The first-order chi connectivity index (χ1) is 16.3. The third-order valence-corrected chi connectivity index (χ3v) is 7.51. The zero-order valence-electron chi connectivity index (χ0n) is 17.8. The Morgan fingerprint density at radius 1 is 1.32 bits per heavy atom. The van der Waals surface area contributed by atoms with Crippen molar-refractivity contribution in [2.45, 2.75) is 25.9 Å². The molecule has 0 fully saturated rings. The zero-order valence-corrected chi connectivity index (χ0v) is 19.4. The van der Waals surface area contributed by atoms with Gasteiger partial charge in [-0.2, -0.15) is 10.4 Å². The maximum absolute atomic E-state index is 15.5. The molecule has 4 aromatic rings. The number of hydrogen-bond acceptors (Lipinski definition) is 6. The first-order valence-electron chi connectivity index (χ1n) is 10.4. The van der Waals surface area contributed by atoms with Crippen molar-refractivity contribution in [2.24, 2.45) is 0 Å². The van der Waals surface area contributed by atoms with Crippen molar-refractivity contribution in [3.8, 4) is 17.2 Å². The molecule has 0 saturated carbocycles. The van der Waals surface area contributed by atoms with Crippen LogP contribution in [0, 0.1) is 23.0 Å². The summed E-state index contributed by atoms with van der Waals surface area (Å²) in [7, 11) is 0. The molecule has 1 atom stereocenters. The molecule has 3 heterocycles. The quantitative estimate of drug-likeness (QED) is 0.442. The number of halogens is 3. The Kier molecular flexibility index (Phi) is 5.46. The standard InChI is InChI=1S/C23H17ClF2N6OS/c1-11(8-31-10-29-9-30-31)32-5-4-12-14(23(32)33)6-17(26)19(20(12)24)13-2-3-16(25)21-18(13)15(7-27)22(28)34-21/h2-3,6,9-11H,4-5,8,28H2,1H3/t11-/m1/s1. The van der Waals surface area contributed by atoms with Gasteiger partial charge in [-0.3, -0.25) is 9.48 Å². The van der Waals surface area contributed by atoms with Crippen LogP contribution >= 0.6 is 22.9 Å². The number of amides is 1. The lowest BCUT2D eigenvalue weighted by atomic mass is 9.91. The van der Waals surface area contributed by atoms with E-state index in [1.807, 2.05) is 13.0 Å². The van der Waals surface area contributed by atoms with E-state index in [9.17, 15) is 14.4 Å². The lowest BCUT2D eigenvalue weighted by Gasteiger charge is -2.34. The first kappa shape index (κ1) is 22.3. The highest BCUT2D eigenvalue weighted by Crippen LogP contribution is 2.45. The van der Waals surface area contributed by atoms with Gasteiger partial charge in [0.05, 0.1) is 21.8 Å². The average molecular weight is 499 g/mol. The summed E-state index contributed by atoms with van der Waals surface area (Å²) in [6.07, 6.45) is 3.40. The lowest BCUT2D eigenvalue weighted by Crippen LogP contribution is -2.45. The second-order valence-corrected chi connectivity index (χ2v) is 9.47. The van der Waals surface area contributed by atoms with Crippen molar-refractivity contribution in [2.75, 3.05) is 12.3 Å². The molecular formula is C23H17ClF2N6OS. The number of anilines is 1. The van der Waals surface area contributed by atoms with E-state index in [0.717, 1.165) is 11.3 Å². The highest BCUT2D eigenvalue weighted by Gasteiger charge is 2.33. The van der Waals surface area contributed by atoms with Crippen LogP contribution in [0.5, 0.6) is 0 Å². The molecule has 34 heavy (non-hydrogen) atoms. The Hall–Kier alpha value is -3.55. The van der Waals surface area contributed by atoms with Crippen molar-refractivity contribution >= 4 is 43.9 Å². The second-order valence-electron chi connectivity index (χ2n) is 8.04. The van der Waals surface area contributed by atoms with Gasteiger partial charge in [0, 0.05) is 29.1 Å². The minimum absolute atomic E-state index is 0.0247. The van der Waals surface area contributed by atoms with Crippen LogP contribution in [0.3, 0.4) is 0 Å². The normalized spacial score (nSPS) is 14.3. The molecule has 1 aliphatic rings. The molecule has 1 aliphatic heterocycles. The van der Waals surface area contributed by atoms with E-state index in [0.29, 0.717) is 25.1 Å². The number of carbonyl (C=O) groups excluding carboxylic acids is 1. The number of hydrogen-bond donors (Lipinski definition) is 1. The minimum Gasteiger partial charge on any atom is -0.389 e. The van der Waals surface area contributed by atoms with Gasteiger partial charge in [-0.25, -0.2) is 13.8 Å². The molecule has 0 radical (unpaired) electrons. The molecule has 2 aromatic carbocycles. The van der Waals surface area contributed by atoms with Gasteiger partial charge in [-0.05, 0) is 36.6 Å². The van der Waals surface area contributed by atoms with E-state index in [1.165, 1.54) is 24.5 Å². The SMILES string of the molecule is C[C@H](Cn1cncn1)N1CCc2c(cc(F)c(-c3ccc(F)c4sc(N)c(C#N)c34)c2Cl)C1=O. The van der Waals surface area contributed by atoms with Crippen LogP contribution in [-0.2, 0) is 13.0 Å². The van der Waals surface area contributed by atoms with Crippen molar-refractivity contribution in [3.63, 3.8) is 0 Å². The van der Waals surface area contributed by atoms with Gasteiger partial charge in [0.2, 0.25) is 0 Å². The number of fused-ring (bicyclic) bond motifs is 2. The molecule has 0 spiro atoms. The summed E-state index contributed by atoms with van der Waals surface area (Å²) >= 11 is 7.61. The van der Waals surface area contributed by atoms with E-state index < -0.39 is 11.6 Å². The molecular weight excluding hydrogens is 482 g/mol. The number of nitrogens with zero attached hydrogens (tertiary/aromatic N) is 5. The van der Waals surface area contributed by atoms with E-state index in [1.54, 1.807) is 15.9 Å². The van der Waals surface area contributed by atoms with Crippen molar-refractivity contribution < 1.29 is 13.6 Å². The van der Waals surface area contributed by atoms with E-state index in [-0.39, 0.29) is 54.3 Å². The summed E-state index contributed by atoms with van der Waals surface area (Å²) in [5.74, 6) is -1.62. The van der Waals surface area contributed by atoms with Crippen LogP contribution in [0.1, 0.15) is 28.4 Å². The summed E-state index contributed by atoms with van der Waals surface area (Å²) in [6.45, 7) is 2.72. The van der Waals surface area contributed by atoms with Gasteiger partial charge in [0.1, 0.15) is 35.4 Å². The molecule has 2 aromatic heterocycles. The van der Waals surface area contributed by atoms with Gasteiger partial charge in [0.25, 0.3) is 5.91 Å². The molecule has 2 N–H and O–H groups in total. The van der Waals surface area contributed by atoms with E-state index in [2.05, 4.69) is 10.1 Å². The molecule has 5 rings (SSSR count). The smallest absolute Gasteiger partial charge is 0.254 e. The van der Waals surface area contributed by atoms with Crippen LogP contribution in [0.25, 0.3) is 21.2 Å². The van der Waals surface area contributed by atoms with Gasteiger partial charge < -0.3 is 10.6 Å². The second kappa shape index (κ2) is 8.34. The summed E-state index contributed by atoms with van der Waals surface area (Å²) in [5, 5.41) is 14.1. The fourth-order valence-corrected chi connectivity index (χ4v) is 5.79. The number of nitrogen functional groups attached to an aromatic ring is 1. The summed E-state index contributed by atoms with van der Waals surface area (Å²) in [6, 6.07) is 5.54. The maximum atomic E-state index is 15.5. The third-order valence-electron chi connectivity index (χ3n) is 6.06. The summed E-state index contributed by atoms with van der Waals surface area (Å²) in [4.78, 5) is 18.8. The fourth-order valence-electron chi connectivity index (χ4n) is 4.46. The number of aromatic nitrogens is 3. The fraction of sp³-hybridized carbons (Fsp3) is 0.217. The Labute approximate surface area is 202 Å². The average Bonchev–Trinajstić information content (AvgIpc) is 3.43. The number of thiophene rings is 1. The Bertz CT molecular complexity index is 1490. The van der Waals surface area contributed by atoms with Crippen molar-refractivity contribution in [1.82, 2.24) is 19.7 Å². The Morgan fingerprint density at radius 3 is 2.82 bits per heavy atom. The highest BCUT2D eigenvalue weighted by molar-refractivity contribution is 7.23. The van der Waals surface area contributed by atoms with Crippen LogP contribution in [0.15, 0.2) is 30.9 Å². The van der Waals surface area contributed by atoms with Gasteiger partial charge >= 0.3 is 0 Å². The molecule has 0 bridgehead atoms. The van der Waals surface area contributed by atoms with Crippen molar-refractivity contribution in [3.05, 3.63) is 64.2 Å². The van der Waals surface area contributed by atoms with Gasteiger partial charge in [-0.1, -0.05) is 17.7 Å². The largest absolute Gasteiger partial charge is 0.389 e. The van der Waals surface area contributed by atoms with Crippen LogP contribution in [-0.4, -0.2) is 38.2 Å². The van der Waals surface area contributed by atoms with E-state index >= 15 is 4.39 Å². The lowest BCUT2D eigenvalue weighted by molar-refractivity contribution is 0.0654. The van der Waals surface area contributed by atoms with Gasteiger partial charge in [0.15, 0.2) is 0 Å². The van der Waals surface area contributed by atoms with Crippen molar-refractivity contribution in [1.29, 1.82) is 5.26 Å². The number of nitriles is 1. The van der Waals surface area contributed by atoms with Gasteiger partial charge in [-0.15, -0.1) is 11.3 Å². The van der Waals surface area contributed by atoms with E-state index in [4.69, 9.17) is 17.3 Å².